The van der Waals surface area contributed by atoms with Crippen molar-refractivity contribution in [3.8, 4) is 0 Å². The molecule has 3 aromatic rings. The van der Waals surface area contributed by atoms with Crippen LogP contribution >= 0.6 is 0 Å². The van der Waals surface area contributed by atoms with E-state index < -0.39 is 0 Å². The van der Waals surface area contributed by atoms with Crippen molar-refractivity contribution in [2.75, 3.05) is 0 Å². The number of fused-ring (bicyclic) bond motifs is 1. The predicted molar refractivity (Wildman–Crippen MR) is 97.9 cm³/mol. The first-order valence-corrected chi connectivity index (χ1v) is 8.02. The van der Waals surface area contributed by atoms with Gasteiger partial charge >= 0.3 is 0 Å². The standard InChI is InChI=1S/C20H21N3O/c1-3-9-23-19-7-6-15(2)10-17(19)11-18(20(23)24)14-22-13-16-5-4-8-21-12-16/h3-8,10-12,22H,1,9,13-14H2,2H3. The van der Waals surface area contributed by atoms with Crippen LogP contribution in [0.1, 0.15) is 16.7 Å². The molecule has 122 valence electrons. The topological polar surface area (TPSA) is 46.9 Å². The summed E-state index contributed by atoms with van der Waals surface area (Å²) in [6.45, 7) is 7.54. The molecule has 4 nitrogen and oxygen atoms in total. The van der Waals surface area contributed by atoms with Gasteiger partial charge in [0.1, 0.15) is 0 Å². The summed E-state index contributed by atoms with van der Waals surface area (Å²) in [5.74, 6) is 0. The zero-order valence-electron chi connectivity index (χ0n) is 13.8. The summed E-state index contributed by atoms with van der Waals surface area (Å²) in [5.41, 5.74) is 4.02. The Morgan fingerprint density at radius 1 is 1.25 bits per heavy atom. The number of benzene rings is 1. The third kappa shape index (κ3) is 3.44. The van der Waals surface area contributed by atoms with Gasteiger partial charge in [0.25, 0.3) is 5.56 Å². The predicted octanol–water partition coefficient (Wildman–Crippen LogP) is 3.18. The van der Waals surface area contributed by atoms with E-state index in [2.05, 4.69) is 29.9 Å². The SMILES string of the molecule is C=CCn1c(=O)c(CNCc2cccnc2)cc2cc(C)ccc21. The van der Waals surface area contributed by atoms with E-state index in [-0.39, 0.29) is 5.56 Å². The molecule has 0 bridgehead atoms. The van der Waals surface area contributed by atoms with Crippen molar-refractivity contribution in [3.05, 3.63) is 88.5 Å². The second kappa shape index (κ2) is 7.23. The number of nitrogens with zero attached hydrogens (tertiary/aromatic N) is 2. The van der Waals surface area contributed by atoms with Crippen LogP contribution in [0, 0.1) is 6.92 Å². The smallest absolute Gasteiger partial charge is 0.255 e. The Hall–Kier alpha value is -2.72. The van der Waals surface area contributed by atoms with Crippen molar-refractivity contribution in [2.24, 2.45) is 0 Å². The molecule has 0 aliphatic carbocycles. The van der Waals surface area contributed by atoms with E-state index in [0.717, 1.165) is 22.0 Å². The van der Waals surface area contributed by atoms with Gasteiger partial charge in [-0.15, -0.1) is 6.58 Å². The third-order valence-electron chi connectivity index (χ3n) is 4.00. The zero-order chi connectivity index (χ0) is 16.9. The minimum atomic E-state index is 0.0324. The van der Waals surface area contributed by atoms with Crippen LogP contribution in [0.3, 0.4) is 0 Å². The number of rotatable bonds is 6. The first-order valence-electron chi connectivity index (χ1n) is 8.02. The maximum atomic E-state index is 12.8. The molecule has 3 rings (SSSR count). The molecular weight excluding hydrogens is 298 g/mol. The van der Waals surface area contributed by atoms with E-state index in [0.29, 0.717) is 19.6 Å². The van der Waals surface area contributed by atoms with Gasteiger partial charge < -0.3 is 9.88 Å². The van der Waals surface area contributed by atoms with Crippen molar-refractivity contribution in [1.82, 2.24) is 14.9 Å². The van der Waals surface area contributed by atoms with Gasteiger partial charge in [0.05, 0.1) is 5.52 Å². The fourth-order valence-electron chi connectivity index (χ4n) is 2.85. The number of pyridine rings is 2. The van der Waals surface area contributed by atoms with Crippen LogP contribution in [0.15, 0.2) is 66.2 Å². The summed E-state index contributed by atoms with van der Waals surface area (Å²) in [7, 11) is 0. The first kappa shape index (κ1) is 16.1. The Bertz CT molecular complexity index is 913. The summed E-state index contributed by atoms with van der Waals surface area (Å²) in [5, 5.41) is 4.41. The molecule has 0 spiro atoms. The molecule has 1 N–H and O–H groups in total. The van der Waals surface area contributed by atoms with Crippen molar-refractivity contribution in [2.45, 2.75) is 26.6 Å². The van der Waals surface area contributed by atoms with Crippen LogP contribution in [0.25, 0.3) is 10.9 Å². The Morgan fingerprint density at radius 2 is 2.12 bits per heavy atom. The molecule has 0 aliphatic rings. The first-order chi connectivity index (χ1) is 11.7. The van der Waals surface area contributed by atoms with Crippen LogP contribution in [-0.4, -0.2) is 9.55 Å². The molecule has 0 fully saturated rings. The van der Waals surface area contributed by atoms with Crippen molar-refractivity contribution in [3.63, 3.8) is 0 Å². The molecule has 0 atom stereocenters. The van der Waals surface area contributed by atoms with Crippen LogP contribution in [0.5, 0.6) is 0 Å². The molecule has 0 saturated carbocycles. The van der Waals surface area contributed by atoms with Gasteiger partial charge in [-0.3, -0.25) is 9.78 Å². The normalized spacial score (nSPS) is 10.9. The molecule has 2 aromatic heterocycles. The Labute approximate surface area is 141 Å². The van der Waals surface area contributed by atoms with E-state index in [1.807, 2.05) is 36.5 Å². The zero-order valence-corrected chi connectivity index (χ0v) is 13.8. The minimum absolute atomic E-state index is 0.0324. The highest BCUT2D eigenvalue weighted by atomic mass is 16.1. The molecule has 4 heteroatoms. The van der Waals surface area contributed by atoms with Crippen molar-refractivity contribution in [1.29, 1.82) is 0 Å². The Kier molecular flexibility index (Phi) is 4.87. The van der Waals surface area contributed by atoms with E-state index >= 15 is 0 Å². The molecule has 1 aromatic carbocycles. The van der Waals surface area contributed by atoms with Crippen molar-refractivity contribution >= 4 is 10.9 Å². The van der Waals surface area contributed by atoms with Gasteiger partial charge in [0.2, 0.25) is 0 Å². The van der Waals surface area contributed by atoms with Gasteiger partial charge in [-0.2, -0.15) is 0 Å². The van der Waals surface area contributed by atoms with E-state index in [9.17, 15) is 4.79 Å². The van der Waals surface area contributed by atoms with Gasteiger partial charge in [-0.05, 0) is 42.1 Å². The van der Waals surface area contributed by atoms with Crippen LogP contribution in [0.2, 0.25) is 0 Å². The number of hydrogen-bond donors (Lipinski definition) is 1. The van der Waals surface area contributed by atoms with Gasteiger partial charge in [-0.25, -0.2) is 0 Å². The number of nitrogens with one attached hydrogen (secondary N) is 1. The molecule has 0 aliphatic heterocycles. The molecule has 0 unspecified atom stereocenters. The fourth-order valence-corrected chi connectivity index (χ4v) is 2.85. The molecule has 0 saturated heterocycles. The highest BCUT2D eigenvalue weighted by molar-refractivity contribution is 5.80. The number of aryl methyl sites for hydroxylation is 1. The minimum Gasteiger partial charge on any atom is -0.308 e. The number of aromatic nitrogens is 2. The van der Waals surface area contributed by atoms with Crippen molar-refractivity contribution < 1.29 is 0 Å². The second-order valence-corrected chi connectivity index (χ2v) is 5.90. The maximum absolute atomic E-state index is 12.8. The number of allylic oxidation sites excluding steroid dienone is 1. The summed E-state index contributed by atoms with van der Waals surface area (Å²) < 4.78 is 1.78. The summed E-state index contributed by atoms with van der Waals surface area (Å²) in [6, 6.07) is 12.1. The monoisotopic (exact) mass is 319 g/mol. The molecule has 0 radical (unpaired) electrons. The van der Waals surface area contributed by atoms with Crippen LogP contribution < -0.4 is 10.9 Å². The van der Waals surface area contributed by atoms with Crippen LogP contribution in [0.4, 0.5) is 0 Å². The van der Waals surface area contributed by atoms with E-state index in [4.69, 9.17) is 0 Å². The quantitative estimate of drug-likeness (QED) is 0.710. The average molecular weight is 319 g/mol. The second-order valence-electron chi connectivity index (χ2n) is 5.90. The van der Waals surface area contributed by atoms with E-state index in [1.54, 1.807) is 16.8 Å². The Balaban J connectivity index is 1.90. The lowest BCUT2D eigenvalue weighted by atomic mass is 10.1. The van der Waals surface area contributed by atoms with Gasteiger partial charge in [-0.1, -0.05) is 23.8 Å². The average Bonchev–Trinajstić information content (AvgIpc) is 2.59. The lowest BCUT2D eigenvalue weighted by Gasteiger charge is -2.12. The summed E-state index contributed by atoms with van der Waals surface area (Å²) in [4.78, 5) is 16.9. The van der Waals surface area contributed by atoms with Crippen LogP contribution in [-0.2, 0) is 19.6 Å². The number of hydrogen-bond acceptors (Lipinski definition) is 3. The summed E-state index contributed by atoms with van der Waals surface area (Å²) in [6.07, 6.45) is 5.34. The summed E-state index contributed by atoms with van der Waals surface area (Å²) >= 11 is 0. The van der Waals surface area contributed by atoms with Gasteiger partial charge in [0.15, 0.2) is 0 Å². The third-order valence-corrected chi connectivity index (χ3v) is 4.00. The fraction of sp³-hybridized carbons (Fsp3) is 0.200. The molecule has 0 amide bonds. The van der Waals surface area contributed by atoms with Gasteiger partial charge in [0, 0.05) is 37.6 Å². The highest BCUT2D eigenvalue weighted by Crippen LogP contribution is 2.16. The lowest BCUT2D eigenvalue weighted by molar-refractivity contribution is 0.675. The molecular formula is C20H21N3O. The lowest BCUT2D eigenvalue weighted by Crippen LogP contribution is -2.27. The maximum Gasteiger partial charge on any atom is 0.255 e. The largest absolute Gasteiger partial charge is 0.308 e. The van der Waals surface area contributed by atoms with E-state index in [1.165, 1.54) is 5.56 Å². The molecule has 2 heterocycles. The Morgan fingerprint density at radius 3 is 2.88 bits per heavy atom. The highest BCUT2D eigenvalue weighted by Gasteiger charge is 2.08. The molecule has 24 heavy (non-hydrogen) atoms.